The van der Waals surface area contributed by atoms with Gasteiger partial charge in [-0.25, -0.2) is 9.69 Å². The summed E-state index contributed by atoms with van der Waals surface area (Å²) in [5.74, 6) is 0.636. The number of cyclic esters (lactones) is 1. The zero-order valence-corrected chi connectivity index (χ0v) is 26.0. The van der Waals surface area contributed by atoms with Crippen molar-refractivity contribution < 1.29 is 28.4 Å². The molecule has 1 saturated heterocycles. The number of hydrogen-bond acceptors (Lipinski definition) is 7. The number of carbonyl (C=O) groups excluding carboxylic acids is 3. The number of nitrogens with zero attached hydrogens (tertiary/aromatic N) is 2. The predicted octanol–water partition coefficient (Wildman–Crippen LogP) is 6.96. The molecule has 2 amide bonds. The number of esters is 1. The van der Waals surface area contributed by atoms with Crippen LogP contribution < -0.4 is 0 Å². The molecule has 2 aromatic rings. The molecule has 0 spiro atoms. The second kappa shape index (κ2) is 11.8. The lowest BCUT2D eigenvalue weighted by molar-refractivity contribution is -0.158. The molecule has 0 bridgehead atoms. The Balaban J connectivity index is 1.37. The highest BCUT2D eigenvalue weighted by Gasteiger charge is 2.45. The van der Waals surface area contributed by atoms with Crippen molar-refractivity contribution in [2.45, 2.75) is 116 Å². The standard InChI is InChI=1S/C34H46N2O6/c1-33(2,3)19-22-14-24(15-22)30-29(23-12-13-23)27(35-42-30)17-25(18-28(37)41-34(4,5)6)31(38)36-26(20-40-32(36)39)16-21-10-8-7-9-11-21/h7-11,22-26H,12-20H2,1-6H3/t22?,24?,25-,26+/m0/s1. The SMILES string of the molecule is CC(C)(C)CC1CC(c2onc(C[C@@H](CC(=O)OC(C)(C)C)C(=O)N3C(=O)OC[C@H]3Cc3ccccc3)c2C2CC2)C1. The quantitative estimate of drug-likeness (QED) is 0.281. The van der Waals surface area contributed by atoms with Gasteiger partial charge >= 0.3 is 12.1 Å². The van der Waals surface area contributed by atoms with Gasteiger partial charge in [0.05, 0.1) is 24.1 Å². The van der Waals surface area contributed by atoms with Gasteiger partial charge in [0.25, 0.3) is 0 Å². The van der Waals surface area contributed by atoms with Crippen LogP contribution in [0.2, 0.25) is 0 Å². The molecule has 2 saturated carbocycles. The summed E-state index contributed by atoms with van der Waals surface area (Å²) in [6.07, 6.45) is 5.39. The Morgan fingerprint density at radius 2 is 1.74 bits per heavy atom. The van der Waals surface area contributed by atoms with Crippen LogP contribution in [-0.4, -0.2) is 46.3 Å². The van der Waals surface area contributed by atoms with E-state index in [1.165, 1.54) is 11.3 Å². The summed E-state index contributed by atoms with van der Waals surface area (Å²) in [5.41, 5.74) is 2.47. The highest BCUT2D eigenvalue weighted by Crippen LogP contribution is 2.52. The minimum absolute atomic E-state index is 0.122. The van der Waals surface area contributed by atoms with E-state index in [4.69, 9.17) is 14.0 Å². The average molecular weight is 579 g/mol. The fourth-order valence-corrected chi connectivity index (χ4v) is 6.61. The van der Waals surface area contributed by atoms with E-state index < -0.39 is 35.5 Å². The third-order valence-corrected chi connectivity index (χ3v) is 8.46. The van der Waals surface area contributed by atoms with Gasteiger partial charge in [0.1, 0.15) is 18.0 Å². The van der Waals surface area contributed by atoms with Gasteiger partial charge in [0.2, 0.25) is 5.91 Å². The van der Waals surface area contributed by atoms with E-state index in [0.717, 1.165) is 48.3 Å². The molecule has 0 N–H and O–H groups in total. The Labute approximate surface area is 249 Å². The number of amides is 2. The molecule has 5 rings (SSSR count). The molecule has 1 aromatic carbocycles. The van der Waals surface area contributed by atoms with Crippen LogP contribution in [0.5, 0.6) is 0 Å². The normalized spacial score (nSPS) is 23.3. The summed E-state index contributed by atoms with van der Waals surface area (Å²) in [7, 11) is 0. The van der Waals surface area contributed by atoms with Crippen molar-refractivity contribution in [1.82, 2.24) is 10.1 Å². The van der Waals surface area contributed by atoms with Crippen molar-refractivity contribution in [3.05, 3.63) is 52.9 Å². The fourth-order valence-electron chi connectivity index (χ4n) is 6.61. The van der Waals surface area contributed by atoms with Gasteiger partial charge in [-0.15, -0.1) is 0 Å². The molecule has 1 aromatic heterocycles. The smallest absolute Gasteiger partial charge is 0.416 e. The molecule has 8 heteroatoms. The Morgan fingerprint density at radius 3 is 2.36 bits per heavy atom. The van der Waals surface area contributed by atoms with Crippen molar-refractivity contribution >= 4 is 18.0 Å². The van der Waals surface area contributed by atoms with Crippen LogP contribution in [0.3, 0.4) is 0 Å². The van der Waals surface area contributed by atoms with Crippen molar-refractivity contribution in [3.63, 3.8) is 0 Å². The van der Waals surface area contributed by atoms with Crippen molar-refractivity contribution in [3.8, 4) is 0 Å². The summed E-state index contributed by atoms with van der Waals surface area (Å²) in [5, 5.41) is 4.50. The molecule has 2 aliphatic carbocycles. The van der Waals surface area contributed by atoms with E-state index in [0.29, 0.717) is 29.6 Å². The number of hydrogen-bond donors (Lipinski definition) is 0. The van der Waals surface area contributed by atoms with Crippen molar-refractivity contribution in [1.29, 1.82) is 0 Å². The summed E-state index contributed by atoms with van der Waals surface area (Å²) >= 11 is 0. The van der Waals surface area contributed by atoms with Gasteiger partial charge < -0.3 is 14.0 Å². The maximum absolute atomic E-state index is 14.1. The number of benzene rings is 1. The molecule has 228 valence electrons. The van der Waals surface area contributed by atoms with Crippen LogP contribution in [-0.2, 0) is 31.9 Å². The first-order valence-electron chi connectivity index (χ1n) is 15.5. The molecule has 1 aliphatic heterocycles. The van der Waals surface area contributed by atoms with Crippen molar-refractivity contribution in [2.75, 3.05) is 6.61 Å². The van der Waals surface area contributed by atoms with E-state index in [1.807, 2.05) is 30.3 Å². The Hall–Kier alpha value is -3.16. The van der Waals surface area contributed by atoms with E-state index in [9.17, 15) is 14.4 Å². The molecule has 0 unspecified atom stereocenters. The van der Waals surface area contributed by atoms with Crippen LogP contribution in [0.1, 0.15) is 114 Å². The van der Waals surface area contributed by atoms with Gasteiger partial charge in [-0.1, -0.05) is 56.3 Å². The monoisotopic (exact) mass is 578 g/mol. The molecule has 3 aliphatic rings. The molecule has 2 atom stereocenters. The minimum Gasteiger partial charge on any atom is -0.460 e. The van der Waals surface area contributed by atoms with Crippen LogP contribution in [0.15, 0.2) is 34.9 Å². The summed E-state index contributed by atoms with van der Waals surface area (Å²) in [4.78, 5) is 41.2. The lowest BCUT2D eigenvalue weighted by Gasteiger charge is -2.38. The third-order valence-electron chi connectivity index (χ3n) is 8.46. The second-order valence-electron chi connectivity index (χ2n) is 14.8. The largest absolute Gasteiger partial charge is 0.460 e. The third kappa shape index (κ3) is 7.42. The average Bonchev–Trinajstić information content (AvgIpc) is 3.52. The van der Waals surface area contributed by atoms with Gasteiger partial charge in [-0.05, 0) is 82.1 Å². The maximum Gasteiger partial charge on any atom is 0.416 e. The molecular formula is C34H46N2O6. The highest BCUT2D eigenvalue weighted by atomic mass is 16.6. The second-order valence-corrected chi connectivity index (χ2v) is 14.8. The lowest BCUT2D eigenvalue weighted by Crippen LogP contribution is -2.45. The number of aromatic nitrogens is 1. The first-order chi connectivity index (χ1) is 19.8. The van der Waals surface area contributed by atoms with E-state index in [2.05, 4.69) is 25.9 Å². The van der Waals surface area contributed by atoms with Crippen LogP contribution in [0, 0.1) is 17.3 Å². The number of rotatable bonds is 10. The van der Waals surface area contributed by atoms with Gasteiger partial charge in [-0.3, -0.25) is 9.59 Å². The zero-order valence-electron chi connectivity index (χ0n) is 26.0. The van der Waals surface area contributed by atoms with Crippen LogP contribution >= 0.6 is 0 Å². The van der Waals surface area contributed by atoms with E-state index in [-0.39, 0.29) is 19.4 Å². The summed E-state index contributed by atoms with van der Waals surface area (Å²) < 4.78 is 17.0. The van der Waals surface area contributed by atoms with Crippen LogP contribution in [0.4, 0.5) is 4.79 Å². The fraction of sp³-hybridized carbons (Fsp3) is 0.647. The Kier molecular flexibility index (Phi) is 8.55. The molecule has 0 radical (unpaired) electrons. The van der Waals surface area contributed by atoms with E-state index in [1.54, 1.807) is 20.8 Å². The minimum atomic E-state index is -0.825. The number of ether oxygens (including phenoxy) is 2. The first kappa shape index (κ1) is 30.3. The van der Waals surface area contributed by atoms with Gasteiger partial charge in [0, 0.05) is 17.9 Å². The molecular weight excluding hydrogens is 532 g/mol. The van der Waals surface area contributed by atoms with Gasteiger partial charge in [0.15, 0.2) is 0 Å². The lowest BCUT2D eigenvalue weighted by atomic mass is 9.67. The Bertz CT molecular complexity index is 1280. The molecule has 8 nitrogen and oxygen atoms in total. The predicted molar refractivity (Wildman–Crippen MR) is 158 cm³/mol. The summed E-state index contributed by atoms with van der Waals surface area (Å²) in [6.45, 7) is 12.4. The van der Waals surface area contributed by atoms with E-state index >= 15 is 0 Å². The highest BCUT2D eigenvalue weighted by molar-refractivity contribution is 5.96. The Morgan fingerprint density at radius 1 is 1.05 bits per heavy atom. The molecule has 42 heavy (non-hydrogen) atoms. The zero-order chi connectivity index (χ0) is 30.2. The summed E-state index contributed by atoms with van der Waals surface area (Å²) in [6, 6.07) is 9.28. The number of carbonyl (C=O) groups is 3. The van der Waals surface area contributed by atoms with Gasteiger partial charge in [-0.2, -0.15) is 0 Å². The maximum atomic E-state index is 14.1. The van der Waals surface area contributed by atoms with Crippen molar-refractivity contribution in [2.24, 2.45) is 17.3 Å². The van der Waals surface area contributed by atoms with Crippen LogP contribution in [0.25, 0.3) is 0 Å². The molecule has 3 fully saturated rings. The molecule has 2 heterocycles. The number of imide groups is 1. The topological polar surface area (TPSA) is 98.9 Å². The first-order valence-corrected chi connectivity index (χ1v) is 15.5.